The van der Waals surface area contributed by atoms with Gasteiger partial charge < -0.3 is 45.4 Å². The van der Waals surface area contributed by atoms with E-state index in [2.05, 4.69) is 205 Å². The lowest BCUT2D eigenvalue weighted by atomic mass is 9.86. The van der Waals surface area contributed by atoms with Gasteiger partial charge in [-0.1, -0.05) is 39.0 Å². The van der Waals surface area contributed by atoms with E-state index in [1.165, 1.54) is 79.6 Å². The summed E-state index contributed by atoms with van der Waals surface area (Å²) in [5.74, 6) is 3.78. The highest BCUT2D eigenvalue weighted by atomic mass is 32.2. The number of nitriles is 1. The van der Waals surface area contributed by atoms with Crippen LogP contribution in [-0.2, 0) is 95.2 Å². The fraction of sp³-hybridized carbons (Fsp3) is 0.583. The van der Waals surface area contributed by atoms with Crippen LogP contribution in [0.3, 0.4) is 0 Å². The molecule has 3 aromatic carbocycles. The third-order valence-electron chi connectivity index (χ3n) is 30.3. The Bertz CT molecular complexity index is 6840. The number of nitrogens with zero attached hydrogens (tertiary/aromatic N) is 18. The molecule has 6 saturated heterocycles. The smallest absolute Gasteiger partial charge is 0.388 e. The summed E-state index contributed by atoms with van der Waals surface area (Å²) in [4.78, 5) is 40.8. The first kappa shape index (κ1) is 111. The third-order valence-corrected chi connectivity index (χ3v) is 38.3. The minimum atomic E-state index is -4.31. The lowest BCUT2D eigenvalue weighted by Gasteiger charge is -2.38. The zero-order valence-electron chi connectivity index (χ0n) is 86.6. The van der Waals surface area contributed by atoms with Gasteiger partial charge in [-0.2, -0.15) is 63.4 Å². The molecule has 6 aliphatic heterocycles. The molecule has 148 heavy (non-hydrogen) atoms. The predicted molar refractivity (Wildman–Crippen MR) is 574 cm³/mol. The summed E-state index contributed by atoms with van der Waals surface area (Å²) in [5.41, 5.74) is 14.1. The molecule has 6 aliphatic rings. The number of aromatic nitrogens is 9. The van der Waals surface area contributed by atoms with Crippen LogP contribution in [0.4, 0.5) is 68.9 Å². The molecule has 15 heterocycles. The second kappa shape index (κ2) is 46.3. The molecule has 0 aliphatic carbocycles. The van der Waals surface area contributed by atoms with E-state index in [1.54, 1.807) is 39.1 Å². The van der Waals surface area contributed by atoms with Gasteiger partial charge in [-0.15, -0.1) is 34.0 Å². The Labute approximate surface area is 872 Å². The van der Waals surface area contributed by atoms with Crippen molar-refractivity contribution < 1.29 is 69.9 Å². The number of fused-ring (bicyclic) bond motifs is 6. The molecule has 6 N–H and O–H groups in total. The first-order valence-corrected chi connectivity index (χ1v) is 58.8. The summed E-state index contributed by atoms with van der Waals surface area (Å²) in [7, 11) is -6.13. The second-order valence-corrected chi connectivity index (χ2v) is 50.9. The van der Waals surface area contributed by atoms with Gasteiger partial charge in [0.25, 0.3) is 0 Å². The highest BCUT2D eigenvalue weighted by molar-refractivity contribution is 7.89. The van der Waals surface area contributed by atoms with E-state index >= 15 is 0 Å². The van der Waals surface area contributed by atoms with Gasteiger partial charge in [0, 0.05) is 247 Å². The van der Waals surface area contributed by atoms with E-state index in [1.807, 2.05) is 19.9 Å². The molecule has 0 saturated carbocycles. The number of aryl methyl sites for hydroxylation is 5. The van der Waals surface area contributed by atoms with E-state index < -0.39 is 67.9 Å². The Morgan fingerprint density at radius 2 is 0.770 bits per heavy atom. The van der Waals surface area contributed by atoms with Crippen molar-refractivity contribution in [2.24, 2.45) is 17.8 Å². The topological polar surface area (TPSA) is 325 Å². The Balaban J connectivity index is 0.000000159. The average Bonchev–Trinajstić information content (AvgIpc) is 1.61. The number of halogens is 9. The van der Waals surface area contributed by atoms with Gasteiger partial charge in [0.05, 0.1) is 53.7 Å². The summed E-state index contributed by atoms with van der Waals surface area (Å²) in [6, 6.07) is 27.6. The van der Waals surface area contributed by atoms with Gasteiger partial charge in [-0.25, -0.2) is 49.5 Å². The molecule has 0 amide bonds. The van der Waals surface area contributed by atoms with Gasteiger partial charge in [-0.3, -0.25) is 24.5 Å². The first-order valence-electron chi connectivity index (χ1n) is 51.1. The highest BCUT2D eigenvalue weighted by Crippen LogP contribution is 2.42. The first-order chi connectivity index (χ1) is 70.0. The minimum Gasteiger partial charge on any atom is -0.388 e. The third kappa shape index (κ3) is 27.3. The van der Waals surface area contributed by atoms with Crippen LogP contribution in [-0.4, -0.2) is 297 Å². The number of nitrogens with one attached hydrogen (secondary N) is 5. The van der Waals surface area contributed by atoms with Gasteiger partial charge in [0.15, 0.2) is 5.82 Å². The molecule has 12 aromatic rings. The molecule has 806 valence electrons. The van der Waals surface area contributed by atoms with Gasteiger partial charge in [-0.05, 0) is 206 Å². The van der Waals surface area contributed by atoms with Crippen LogP contribution >= 0.6 is 34.0 Å². The van der Waals surface area contributed by atoms with Crippen LogP contribution in [0.2, 0.25) is 0 Å². The fourth-order valence-electron chi connectivity index (χ4n) is 22.0. The van der Waals surface area contributed by atoms with Gasteiger partial charge in [0.2, 0.25) is 42.0 Å². The predicted octanol–water partition coefficient (Wildman–Crippen LogP) is 17.7. The Kier molecular flexibility index (Phi) is 34.9. The number of piperazine rings is 2. The van der Waals surface area contributed by atoms with Crippen LogP contribution in [0.15, 0.2) is 72.8 Å². The van der Waals surface area contributed by atoms with Crippen LogP contribution in [0.5, 0.6) is 0 Å². The molecule has 0 spiro atoms. The molecule has 30 nitrogen and oxygen atoms in total. The zero-order valence-corrected chi connectivity index (χ0v) is 91.5. The molecule has 1 unspecified atom stereocenters. The number of sulfonamides is 3. The molecular weight excluding hydrogens is 2030 g/mol. The normalized spacial score (nSPS) is 18.4. The van der Waals surface area contributed by atoms with Crippen LogP contribution in [0.1, 0.15) is 157 Å². The minimum absolute atomic E-state index is 0.0868. The van der Waals surface area contributed by atoms with Crippen LogP contribution < -0.4 is 26.6 Å². The maximum absolute atomic E-state index is 13.1. The number of rotatable bonds is 32. The largest absolute Gasteiger partial charge is 0.393 e. The number of piperidine rings is 4. The second-order valence-electron chi connectivity index (χ2n) is 41.6. The van der Waals surface area contributed by atoms with E-state index in [9.17, 15) is 75.1 Å². The zero-order chi connectivity index (χ0) is 106. The fourth-order valence-corrected chi connectivity index (χ4v) is 28.6. The number of hydrogen-bond donors (Lipinski definition) is 6. The van der Waals surface area contributed by atoms with E-state index in [-0.39, 0.29) is 68.9 Å². The number of hydrogen-bond acceptors (Lipinski definition) is 27. The Hall–Kier alpha value is -9.25. The number of benzene rings is 3. The van der Waals surface area contributed by atoms with Crippen molar-refractivity contribution >= 4 is 157 Å². The average molecular weight is 2170 g/mol. The maximum Gasteiger partial charge on any atom is 0.393 e. The molecule has 18 rings (SSSR count). The van der Waals surface area contributed by atoms with Crippen molar-refractivity contribution in [3.8, 4) is 6.07 Å². The van der Waals surface area contributed by atoms with Gasteiger partial charge >= 0.3 is 18.5 Å². The van der Waals surface area contributed by atoms with Crippen LogP contribution in [0, 0.1) is 63.7 Å². The number of aliphatic hydroxyl groups is 1. The SMILES string of the molecule is CNc1nc(NC2CCN(Cc3ccc4c(cc(C#N)n4C[C@H](C)N4CCN(S(=O)(=O)CC(C)C)CC4)c3C)CC2)c2cc(CC(F)(F)F)sc2n1.CNc1nc(NC2CCN(Cc3ccc4c(cc(C)n4CC(C)C4CCN(S(C)(=O)=O)CC4)c3C)CC2)c2cc(CC(F)(F)F)sc2n1.Cc1c(CN2CCC(Nc3nc(CO)nc4sc(CC(F)(F)F)cc34)CC2)ccc2c1cc(C)n2C[C@H](C)N1CCN(S(C)(=O)=O)CC1. The van der Waals surface area contributed by atoms with Crippen LogP contribution in [0.25, 0.3) is 63.4 Å². The van der Waals surface area contributed by atoms with Crippen molar-refractivity contribution in [2.75, 3.05) is 164 Å². The lowest BCUT2D eigenvalue weighted by Crippen LogP contribution is -2.52. The van der Waals surface area contributed by atoms with Gasteiger partial charge in [0.1, 0.15) is 50.3 Å². The van der Waals surface area contributed by atoms with Crippen molar-refractivity contribution in [3.63, 3.8) is 0 Å². The molecule has 0 radical (unpaired) electrons. The standard InChI is InChI=1S/C36H48F3N9O2S2.C34H46F3N7O2S2.C33H44F3N7O3S2/c1-23(2)22-52(49,50)47-14-12-46(13-15-47)24(3)20-48-28(19-40)16-30-25(4)26(6-7-32(30)48)21-45-10-8-27(9-11-45)42-33-31-17-29(18-36(37,38)39)51-34(31)44-35(41-5)43-33;1-21(24-8-14-43(15-9-24)48(5,45)46)19-44-22(2)16-28-23(3)25(6-7-30(28)44)20-42-12-10-26(11-13-42)39-31-29-17-27(18-34(35,36)37)47-32(29)41-33(38-4)40-31;1-21-15-27-23(3)24(5-6-29(27)43(21)18-22(2)41-11-13-42(14-12-41)48(4,45)46)19-40-9-7-25(8-10-40)37-31-28-16-26(17-33(34,35)36)47-32(28)39-30(20-44)38-31/h6-7,16-17,23-24,27H,8-15,18,20-22H2,1-5H3,(H2,41,42,43,44);6-7,16-17,21,24,26H,8-15,18-20H2,1-5H3,(H2,38,39,40,41);5-6,15-16,22,25,44H,7-14,17-20H2,1-4H3,(H,37,38,39)/t24-;;22-/m0.0/s1. The summed E-state index contributed by atoms with van der Waals surface area (Å²) >= 11 is 3.10. The van der Waals surface area contributed by atoms with E-state index in [4.69, 9.17) is 0 Å². The Morgan fingerprint density at radius 1 is 0.426 bits per heavy atom. The summed E-state index contributed by atoms with van der Waals surface area (Å²) in [6.07, 6.45) is -6.24. The van der Waals surface area contributed by atoms with E-state index in [0.717, 1.165) is 187 Å². The molecule has 9 aromatic heterocycles. The number of aliphatic hydroxyl groups excluding tert-OH is 1. The van der Waals surface area contributed by atoms with Crippen molar-refractivity contribution in [1.82, 2.24) is 81.0 Å². The Morgan fingerprint density at radius 3 is 1.13 bits per heavy atom. The van der Waals surface area contributed by atoms with Crippen molar-refractivity contribution in [1.29, 1.82) is 5.26 Å². The van der Waals surface area contributed by atoms with Crippen molar-refractivity contribution in [2.45, 2.75) is 234 Å². The van der Waals surface area contributed by atoms with E-state index in [0.29, 0.717) is 136 Å². The quantitative estimate of drug-likeness (QED) is 0.0213. The molecular formula is C103H138F9N23O7S6. The maximum atomic E-state index is 13.1. The number of anilines is 5. The lowest BCUT2D eigenvalue weighted by molar-refractivity contribution is -0.127. The molecule has 3 atom stereocenters. The molecule has 45 heteroatoms. The number of thiophene rings is 3. The van der Waals surface area contributed by atoms with Crippen molar-refractivity contribution in [3.05, 3.63) is 144 Å². The monoisotopic (exact) mass is 2170 g/mol. The molecule has 6 fully saturated rings. The number of alkyl halides is 9. The number of likely N-dealkylation sites (tertiary alicyclic amines) is 3. The highest BCUT2D eigenvalue weighted by Gasteiger charge is 2.38. The summed E-state index contributed by atoms with van der Waals surface area (Å²) < 4.78 is 203. The summed E-state index contributed by atoms with van der Waals surface area (Å²) in [5, 5.41) is 41.5. The summed E-state index contributed by atoms with van der Waals surface area (Å²) in [6.45, 7) is 37.1. The molecule has 0 bridgehead atoms.